The van der Waals surface area contributed by atoms with E-state index in [2.05, 4.69) is 15.4 Å². The minimum atomic E-state index is -0.308. The maximum Gasteiger partial charge on any atom is 0.192 e. The lowest BCUT2D eigenvalue weighted by atomic mass is 10.2. The fraction of sp³-hybridized carbons (Fsp3) is 0.360. The summed E-state index contributed by atoms with van der Waals surface area (Å²) in [7, 11) is 0. The molecule has 4 aromatic rings. The average molecular weight is 496 g/mol. The minimum absolute atomic E-state index is 0.00966. The van der Waals surface area contributed by atoms with Gasteiger partial charge in [0.15, 0.2) is 22.6 Å². The summed E-state index contributed by atoms with van der Waals surface area (Å²) in [5, 5.41) is 13.5. The van der Waals surface area contributed by atoms with Crippen molar-refractivity contribution in [2.24, 2.45) is 0 Å². The molecule has 4 heterocycles. The van der Waals surface area contributed by atoms with Gasteiger partial charge >= 0.3 is 0 Å². The van der Waals surface area contributed by atoms with Gasteiger partial charge in [-0.15, -0.1) is 10.2 Å². The topological polar surface area (TPSA) is 88.0 Å². The number of aromatic nitrogens is 5. The first-order chi connectivity index (χ1) is 16.9. The number of benzene rings is 1. The lowest BCUT2D eigenvalue weighted by Crippen LogP contribution is -2.17. The summed E-state index contributed by atoms with van der Waals surface area (Å²) in [6, 6.07) is 9.90. The van der Waals surface area contributed by atoms with Crippen molar-refractivity contribution in [3.63, 3.8) is 0 Å². The number of rotatable bonds is 8. The van der Waals surface area contributed by atoms with Gasteiger partial charge in [-0.25, -0.2) is 4.39 Å². The van der Waals surface area contributed by atoms with Crippen LogP contribution in [-0.4, -0.2) is 48.7 Å². The molecule has 0 unspecified atom stereocenters. The van der Waals surface area contributed by atoms with E-state index >= 15 is 0 Å². The van der Waals surface area contributed by atoms with Gasteiger partial charge in [0.05, 0.1) is 18.4 Å². The number of halogens is 1. The predicted octanol–water partition coefficient (Wildman–Crippen LogP) is 4.94. The Labute approximate surface area is 206 Å². The SMILES string of the molecule is Cc1cc(-n2c(C)cc(C(=O)CSc3nnc(-c4ccc(F)cc4)n3C[C@H]3CCCO3)c2C)no1. The van der Waals surface area contributed by atoms with E-state index in [1.807, 2.05) is 42.0 Å². The molecular formula is C25H26FN5O3S. The van der Waals surface area contributed by atoms with Crippen LogP contribution in [0.5, 0.6) is 0 Å². The van der Waals surface area contributed by atoms with Gasteiger partial charge in [-0.05, 0) is 63.9 Å². The van der Waals surface area contributed by atoms with Gasteiger partial charge in [-0.3, -0.25) is 13.9 Å². The number of hydrogen-bond donors (Lipinski definition) is 0. The summed E-state index contributed by atoms with van der Waals surface area (Å²) < 4.78 is 28.4. The van der Waals surface area contributed by atoms with Gasteiger partial charge in [0.2, 0.25) is 0 Å². The summed E-state index contributed by atoms with van der Waals surface area (Å²) in [6.45, 7) is 6.99. The summed E-state index contributed by atoms with van der Waals surface area (Å²) in [5.41, 5.74) is 3.12. The number of ether oxygens (including phenoxy) is 1. The summed E-state index contributed by atoms with van der Waals surface area (Å²) in [4.78, 5) is 13.2. The molecule has 0 spiro atoms. The first-order valence-electron chi connectivity index (χ1n) is 11.5. The second-order valence-electron chi connectivity index (χ2n) is 8.69. The smallest absolute Gasteiger partial charge is 0.192 e. The van der Waals surface area contributed by atoms with E-state index in [0.29, 0.717) is 34.7 Å². The first-order valence-corrected chi connectivity index (χ1v) is 12.5. The molecular weight excluding hydrogens is 469 g/mol. The molecule has 0 amide bonds. The van der Waals surface area contributed by atoms with E-state index in [4.69, 9.17) is 9.26 Å². The number of hydrogen-bond acceptors (Lipinski definition) is 7. The van der Waals surface area contributed by atoms with E-state index in [0.717, 1.165) is 36.4 Å². The normalized spacial score (nSPS) is 15.7. The van der Waals surface area contributed by atoms with Crippen LogP contribution >= 0.6 is 11.8 Å². The van der Waals surface area contributed by atoms with Crippen LogP contribution in [0.15, 0.2) is 46.1 Å². The van der Waals surface area contributed by atoms with Gasteiger partial charge < -0.3 is 9.26 Å². The molecule has 0 N–H and O–H groups in total. The molecule has 182 valence electrons. The summed E-state index contributed by atoms with van der Waals surface area (Å²) in [5.74, 6) is 1.88. The summed E-state index contributed by atoms with van der Waals surface area (Å²) >= 11 is 1.34. The molecule has 8 nitrogen and oxygen atoms in total. The lowest BCUT2D eigenvalue weighted by molar-refractivity contribution is 0.0953. The average Bonchev–Trinajstić information content (AvgIpc) is 3.63. The quantitative estimate of drug-likeness (QED) is 0.253. The van der Waals surface area contributed by atoms with Gasteiger partial charge in [0, 0.05) is 35.2 Å². The van der Waals surface area contributed by atoms with Crippen molar-refractivity contribution in [1.82, 2.24) is 24.5 Å². The molecule has 3 aromatic heterocycles. The molecule has 1 fully saturated rings. The zero-order valence-electron chi connectivity index (χ0n) is 19.8. The Morgan fingerprint density at radius 1 is 1.17 bits per heavy atom. The molecule has 5 rings (SSSR count). The fourth-order valence-corrected chi connectivity index (χ4v) is 5.26. The van der Waals surface area contributed by atoms with E-state index in [-0.39, 0.29) is 23.5 Å². The molecule has 1 saturated heterocycles. The molecule has 0 aliphatic carbocycles. The van der Waals surface area contributed by atoms with Gasteiger partial charge in [0.25, 0.3) is 0 Å². The third-order valence-electron chi connectivity index (χ3n) is 6.14. The highest BCUT2D eigenvalue weighted by atomic mass is 32.2. The molecule has 35 heavy (non-hydrogen) atoms. The van der Waals surface area contributed by atoms with Crippen LogP contribution in [-0.2, 0) is 11.3 Å². The van der Waals surface area contributed by atoms with Crippen LogP contribution in [0.1, 0.15) is 40.3 Å². The van der Waals surface area contributed by atoms with Crippen LogP contribution in [0.2, 0.25) is 0 Å². The Hall–Kier alpha value is -3.24. The number of thioether (sulfide) groups is 1. The van der Waals surface area contributed by atoms with Crippen molar-refractivity contribution in [1.29, 1.82) is 0 Å². The molecule has 0 bridgehead atoms. The number of ketones is 1. The predicted molar refractivity (Wildman–Crippen MR) is 129 cm³/mol. The standard InChI is InChI=1S/C25H26FN5O3S/c1-15-11-21(17(3)31(15)23-12-16(2)34-29-23)22(32)14-35-25-28-27-24(18-6-8-19(26)9-7-18)30(25)13-20-5-4-10-33-20/h6-9,11-12,20H,4-5,10,13-14H2,1-3H3/t20-/m1/s1. The van der Waals surface area contributed by atoms with Gasteiger partial charge in [-0.2, -0.15) is 0 Å². The molecule has 10 heteroatoms. The van der Waals surface area contributed by atoms with Gasteiger partial charge in [0.1, 0.15) is 11.6 Å². The minimum Gasteiger partial charge on any atom is -0.376 e. The molecule has 0 radical (unpaired) electrons. The highest BCUT2D eigenvalue weighted by molar-refractivity contribution is 7.99. The van der Waals surface area contributed by atoms with Crippen molar-refractivity contribution < 1.29 is 18.4 Å². The lowest BCUT2D eigenvalue weighted by Gasteiger charge is -2.14. The highest BCUT2D eigenvalue weighted by Crippen LogP contribution is 2.28. The molecule has 1 aliphatic heterocycles. The van der Waals surface area contributed by atoms with Crippen LogP contribution in [0.3, 0.4) is 0 Å². The fourth-order valence-electron chi connectivity index (χ4n) is 4.43. The Morgan fingerprint density at radius 3 is 2.66 bits per heavy atom. The number of carbonyl (C=O) groups is 1. The Balaban J connectivity index is 1.38. The molecule has 1 aromatic carbocycles. The summed E-state index contributed by atoms with van der Waals surface area (Å²) in [6.07, 6.45) is 2.03. The molecule has 1 aliphatic rings. The van der Waals surface area contributed by atoms with Crippen molar-refractivity contribution in [3.05, 3.63) is 64.9 Å². The van der Waals surface area contributed by atoms with E-state index in [1.54, 1.807) is 12.1 Å². The number of aryl methyl sites for hydroxylation is 2. The maximum absolute atomic E-state index is 13.5. The van der Waals surface area contributed by atoms with Crippen molar-refractivity contribution >= 4 is 17.5 Å². The van der Waals surface area contributed by atoms with Crippen LogP contribution in [0.25, 0.3) is 17.2 Å². The second kappa shape index (κ2) is 9.79. The van der Waals surface area contributed by atoms with Crippen molar-refractivity contribution in [2.75, 3.05) is 12.4 Å². The third-order valence-corrected chi connectivity index (χ3v) is 7.10. The monoisotopic (exact) mass is 495 g/mol. The van der Waals surface area contributed by atoms with Gasteiger partial charge in [-0.1, -0.05) is 16.9 Å². The molecule has 0 saturated carbocycles. The Kier molecular flexibility index (Phi) is 6.57. The Morgan fingerprint density at radius 2 is 1.97 bits per heavy atom. The van der Waals surface area contributed by atoms with E-state index in [1.165, 1.54) is 23.9 Å². The number of nitrogens with zero attached hydrogens (tertiary/aromatic N) is 5. The second-order valence-corrected chi connectivity index (χ2v) is 9.63. The maximum atomic E-state index is 13.5. The highest BCUT2D eigenvalue weighted by Gasteiger charge is 2.24. The number of carbonyl (C=O) groups excluding carboxylic acids is 1. The van der Waals surface area contributed by atoms with Crippen molar-refractivity contribution in [3.8, 4) is 17.2 Å². The largest absolute Gasteiger partial charge is 0.376 e. The molecule has 1 atom stereocenters. The zero-order chi connectivity index (χ0) is 24.5. The van der Waals surface area contributed by atoms with Crippen LogP contribution in [0, 0.1) is 26.6 Å². The van der Waals surface area contributed by atoms with Crippen LogP contribution in [0.4, 0.5) is 4.39 Å². The van der Waals surface area contributed by atoms with E-state index in [9.17, 15) is 9.18 Å². The van der Waals surface area contributed by atoms with Crippen LogP contribution < -0.4 is 0 Å². The Bertz CT molecular complexity index is 1350. The third kappa shape index (κ3) is 4.81. The van der Waals surface area contributed by atoms with E-state index < -0.39 is 0 Å². The first kappa shape index (κ1) is 23.5. The van der Waals surface area contributed by atoms with Crippen molar-refractivity contribution in [2.45, 2.75) is 51.4 Å². The number of Topliss-reactive ketones (excluding diaryl/α,β-unsaturated/α-hetero) is 1. The zero-order valence-corrected chi connectivity index (χ0v) is 20.6.